The van der Waals surface area contributed by atoms with E-state index in [1.54, 1.807) is 11.3 Å². The molecule has 0 spiro atoms. The Morgan fingerprint density at radius 2 is 1.71 bits per heavy atom. The molecule has 1 aromatic heterocycles. The Morgan fingerprint density at radius 1 is 1.03 bits per heavy atom. The first-order chi connectivity index (χ1) is 15.2. The lowest BCUT2D eigenvalue weighted by Gasteiger charge is -2.24. The maximum absolute atomic E-state index is 13.5. The van der Waals surface area contributed by atoms with Crippen LogP contribution in [0, 0.1) is 0 Å². The number of carbonyl (C=O) groups is 1. The number of rotatable bonds is 5. The zero-order chi connectivity index (χ0) is 21.2. The molecular weight excluding hydrogens is 424 g/mol. The Morgan fingerprint density at radius 3 is 2.39 bits per heavy atom. The number of aryl methyl sites for hydroxylation is 2. The van der Waals surface area contributed by atoms with Gasteiger partial charge < -0.3 is 4.74 Å². The van der Waals surface area contributed by atoms with Gasteiger partial charge in [-0.15, -0.1) is 11.3 Å². The average Bonchev–Trinajstić information content (AvgIpc) is 3.12. The van der Waals surface area contributed by atoms with E-state index in [4.69, 9.17) is 9.72 Å². The number of ether oxygens (including phenoxy) is 1. The largest absolute Gasteiger partial charge is 0.494 e. The Bertz CT molecular complexity index is 1200. The third-order valence-electron chi connectivity index (χ3n) is 5.35. The van der Waals surface area contributed by atoms with E-state index in [1.807, 2.05) is 66.4 Å². The smallest absolute Gasteiger partial charge is 0.242 e. The number of nitrogens with zero attached hydrogens (tertiary/aromatic N) is 2. The monoisotopic (exact) mass is 446 g/mol. The highest BCUT2D eigenvalue weighted by molar-refractivity contribution is 8.01. The van der Waals surface area contributed by atoms with Crippen molar-refractivity contribution < 1.29 is 9.53 Å². The SMILES string of the molecule is CCOc1ccc2nc(SCC(=O)N3c4ccccc4CCc4ccccc43)sc2c1. The highest BCUT2D eigenvalue weighted by atomic mass is 32.2. The highest BCUT2D eigenvalue weighted by Crippen LogP contribution is 2.37. The molecule has 4 aromatic rings. The molecule has 0 atom stereocenters. The number of thioether (sulfide) groups is 1. The van der Waals surface area contributed by atoms with E-state index in [1.165, 1.54) is 22.9 Å². The zero-order valence-corrected chi connectivity index (χ0v) is 18.8. The van der Waals surface area contributed by atoms with Crippen LogP contribution < -0.4 is 9.64 Å². The molecular formula is C25H22N2O2S2. The second-order valence-corrected chi connectivity index (χ2v) is 9.57. The number of fused-ring (bicyclic) bond motifs is 3. The standard InChI is InChI=1S/C25H22N2O2S2/c1-2-29-19-13-14-20-23(15-19)31-25(26-20)30-16-24(28)27-21-9-5-3-7-17(21)11-12-18-8-4-6-10-22(18)27/h3-10,13-15H,2,11-12,16H2,1H3. The Kier molecular flexibility index (Phi) is 5.66. The van der Waals surface area contributed by atoms with Crippen LogP contribution in [0.3, 0.4) is 0 Å². The van der Waals surface area contributed by atoms with Crippen LogP contribution in [0.5, 0.6) is 5.75 Å². The summed E-state index contributed by atoms with van der Waals surface area (Å²) in [7, 11) is 0. The fraction of sp³-hybridized carbons (Fsp3) is 0.200. The number of anilines is 2. The van der Waals surface area contributed by atoms with Gasteiger partial charge in [0.2, 0.25) is 5.91 Å². The van der Waals surface area contributed by atoms with Crippen LogP contribution in [0.2, 0.25) is 0 Å². The maximum atomic E-state index is 13.5. The molecule has 1 aliphatic heterocycles. The summed E-state index contributed by atoms with van der Waals surface area (Å²) >= 11 is 3.10. The topological polar surface area (TPSA) is 42.4 Å². The van der Waals surface area contributed by atoms with Gasteiger partial charge in [-0.05, 0) is 61.2 Å². The lowest BCUT2D eigenvalue weighted by molar-refractivity contribution is -0.115. The lowest BCUT2D eigenvalue weighted by Crippen LogP contribution is -2.28. The van der Waals surface area contributed by atoms with E-state index in [2.05, 4.69) is 12.1 Å². The predicted molar refractivity (Wildman–Crippen MR) is 129 cm³/mol. The molecule has 0 saturated heterocycles. The Hall–Kier alpha value is -2.83. The first kappa shape index (κ1) is 20.1. The molecule has 0 radical (unpaired) electrons. The van der Waals surface area contributed by atoms with Gasteiger partial charge in [-0.25, -0.2) is 4.98 Å². The summed E-state index contributed by atoms with van der Waals surface area (Å²) in [5, 5.41) is 0. The Balaban J connectivity index is 1.41. The third kappa shape index (κ3) is 4.05. The van der Waals surface area contributed by atoms with Crippen LogP contribution in [-0.2, 0) is 17.6 Å². The molecule has 4 nitrogen and oxygen atoms in total. The summed E-state index contributed by atoms with van der Waals surface area (Å²) in [6.07, 6.45) is 1.87. The van der Waals surface area contributed by atoms with Gasteiger partial charge in [0.15, 0.2) is 4.34 Å². The number of amides is 1. The first-order valence-electron chi connectivity index (χ1n) is 10.4. The lowest BCUT2D eigenvalue weighted by atomic mass is 10.0. The normalized spacial score (nSPS) is 12.9. The first-order valence-corrected chi connectivity index (χ1v) is 12.2. The van der Waals surface area contributed by atoms with Crippen molar-refractivity contribution in [2.75, 3.05) is 17.3 Å². The third-order valence-corrected chi connectivity index (χ3v) is 7.49. The van der Waals surface area contributed by atoms with Crippen LogP contribution in [-0.4, -0.2) is 23.3 Å². The Labute approximate surface area is 189 Å². The van der Waals surface area contributed by atoms with Gasteiger partial charge in [0.25, 0.3) is 0 Å². The van der Waals surface area contributed by atoms with Crippen molar-refractivity contribution in [3.05, 3.63) is 77.9 Å². The molecule has 5 rings (SSSR count). The average molecular weight is 447 g/mol. The molecule has 156 valence electrons. The zero-order valence-electron chi connectivity index (χ0n) is 17.2. The van der Waals surface area contributed by atoms with E-state index >= 15 is 0 Å². The molecule has 0 aliphatic carbocycles. The van der Waals surface area contributed by atoms with Gasteiger partial charge in [0.1, 0.15) is 5.75 Å². The molecule has 6 heteroatoms. The summed E-state index contributed by atoms with van der Waals surface area (Å²) in [4.78, 5) is 20.1. The number of aromatic nitrogens is 1. The van der Waals surface area contributed by atoms with Crippen LogP contribution in [0.1, 0.15) is 18.1 Å². The van der Waals surface area contributed by atoms with Crippen LogP contribution in [0.4, 0.5) is 11.4 Å². The number of carbonyl (C=O) groups excluding carboxylic acids is 1. The molecule has 3 aromatic carbocycles. The molecule has 0 fully saturated rings. The molecule has 1 aliphatic rings. The van der Waals surface area contributed by atoms with E-state index < -0.39 is 0 Å². The molecule has 0 bridgehead atoms. The second-order valence-electron chi connectivity index (χ2n) is 7.32. The van der Waals surface area contributed by atoms with Crippen molar-refractivity contribution >= 4 is 50.6 Å². The summed E-state index contributed by atoms with van der Waals surface area (Å²) in [5.74, 6) is 1.26. The van der Waals surface area contributed by atoms with Gasteiger partial charge in [-0.2, -0.15) is 0 Å². The number of para-hydroxylation sites is 2. The minimum Gasteiger partial charge on any atom is -0.494 e. The van der Waals surface area contributed by atoms with Crippen molar-refractivity contribution in [3.8, 4) is 5.75 Å². The number of thiazole rings is 1. The van der Waals surface area contributed by atoms with E-state index in [0.29, 0.717) is 12.4 Å². The summed E-state index contributed by atoms with van der Waals surface area (Å²) < 4.78 is 7.56. The quantitative estimate of drug-likeness (QED) is 0.340. The van der Waals surface area contributed by atoms with E-state index in [9.17, 15) is 4.79 Å². The highest BCUT2D eigenvalue weighted by Gasteiger charge is 2.25. The fourth-order valence-electron chi connectivity index (χ4n) is 3.94. The summed E-state index contributed by atoms with van der Waals surface area (Å²) in [5.41, 5.74) is 5.34. The number of hydrogen-bond acceptors (Lipinski definition) is 5. The minimum absolute atomic E-state index is 0.0704. The van der Waals surface area contributed by atoms with Gasteiger partial charge in [-0.1, -0.05) is 48.2 Å². The van der Waals surface area contributed by atoms with Gasteiger partial charge in [0.05, 0.1) is 34.0 Å². The van der Waals surface area contributed by atoms with Gasteiger partial charge in [0, 0.05) is 0 Å². The summed E-state index contributed by atoms with van der Waals surface area (Å²) in [6, 6.07) is 22.4. The molecule has 0 N–H and O–H groups in total. The maximum Gasteiger partial charge on any atom is 0.242 e. The molecule has 31 heavy (non-hydrogen) atoms. The van der Waals surface area contributed by atoms with Crippen LogP contribution in [0.15, 0.2) is 71.1 Å². The van der Waals surface area contributed by atoms with Crippen molar-refractivity contribution in [1.29, 1.82) is 0 Å². The van der Waals surface area contributed by atoms with E-state index in [0.717, 1.165) is 44.5 Å². The number of hydrogen-bond donors (Lipinski definition) is 0. The molecule has 0 saturated carbocycles. The van der Waals surface area contributed by atoms with Crippen molar-refractivity contribution in [2.24, 2.45) is 0 Å². The number of benzene rings is 3. The van der Waals surface area contributed by atoms with Crippen molar-refractivity contribution in [2.45, 2.75) is 24.1 Å². The molecule has 0 unspecified atom stereocenters. The summed E-state index contributed by atoms with van der Waals surface area (Å²) in [6.45, 7) is 2.61. The van der Waals surface area contributed by atoms with E-state index in [-0.39, 0.29) is 5.91 Å². The van der Waals surface area contributed by atoms with Crippen LogP contribution >= 0.6 is 23.1 Å². The molecule has 1 amide bonds. The van der Waals surface area contributed by atoms with Crippen LogP contribution in [0.25, 0.3) is 10.2 Å². The second kappa shape index (κ2) is 8.73. The van der Waals surface area contributed by atoms with Gasteiger partial charge in [-0.3, -0.25) is 9.69 Å². The predicted octanol–water partition coefficient (Wildman–Crippen LogP) is 6.25. The van der Waals surface area contributed by atoms with Crippen molar-refractivity contribution in [3.63, 3.8) is 0 Å². The van der Waals surface area contributed by atoms with Gasteiger partial charge >= 0.3 is 0 Å². The minimum atomic E-state index is 0.0704. The van der Waals surface area contributed by atoms with Crippen molar-refractivity contribution in [1.82, 2.24) is 4.98 Å². The fourth-order valence-corrected chi connectivity index (χ4v) is 5.88. The molecule has 2 heterocycles.